The lowest BCUT2D eigenvalue weighted by Gasteiger charge is -2.13. The van der Waals surface area contributed by atoms with Gasteiger partial charge in [0, 0.05) is 30.5 Å². The summed E-state index contributed by atoms with van der Waals surface area (Å²) in [5, 5.41) is 17.9. The lowest BCUT2D eigenvalue weighted by Crippen LogP contribution is -2.37. The Kier molecular flexibility index (Phi) is 7.40. The van der Waals surface area contributed by atoms with Gasteiger partial charge in [-0.15, -0.1) is 11.3 Å². The number of benzene rings is 1. The largest absolute Gasteiger partial charge is 0.484 e. The van der Waals surface area contributed by atoms with Crippen LogP contribution in [0.15, 0.2) is 23.6 Å². The van der Waals surface area contributed by atoms with Gasteiger partial charge in [-0.25, -0.2) is 9.37 Å². The Morgan fingerprint density at radius 2 is 2.17 bits per heavy atom. The van der Waals surface area contributed by atoms with Crippen molar-refractivity contribution in [1.82, 2.24) is 15.6 Å². The van der Waals surface area contributed by atoms with Gasteiger partial charge in [-0.1, -0.05) is 11.6 Å². The number of carbonyl (C=O) groups excluding carboxylic acids is 2. The average Bonchev–Trinajstić information content (AvgIpc) is 3.43. The second-order valence-electron chi connectivity index (χ2n) is 6.71. The number of hydrogen-bond acceptors (Lipinski definition) is 6. The van der Waals surface area contributed by atoms with Gasteiger partial charge in [0.15, 0.2) is 6.61 Å². The predicted molar refractivity (Wildman–Crippen MR) is 107 cm³/mol. The Labute approximate surface area is 176 Å². The molecular weight excluding hydrogens is 421 g/mol. The van der Waals surface area contributed by atoms with E-state index in [9.17, 15) is 19.1 Å². The molecule has 0 unspecified atom stereocenters. The van der Waals surface area contributed by atoms with E-state index in [1.54, 1.807) is 5.38 Å². The van der Waals surface area contributed by atoms with Gasteiger partial charge in [-0.3, -0.25) is 9.59 Å². The minimum Gasteiger partial charge on any atom is -0.484 e. The highest BCUT2D eigenvalue weighted by atomic mass is 35.5. The molecule has 1 atom stereocenters. The molecule has 0 aliphatic heterocycles. The number of ether oxygens (including phenoxy) is 1. The van der Waals surface area contributed by atoms with Crippen LogP contribution in [0.25, 0.3) is 0 Å². The Bertz CT molecular complexity index is 875. The molecule has 0 saturated heterocycles. The third-order valence-corrected chi connectivity index (χ3v) is 5.55. The van der Waals surface area contributed by atoms with Gasteiger partial charge in [0.05, 0.1) is 16.1 Å². The van der Waals surface area contributed by atoms with Crippen LogP contribution in [0.4, 0.5) is 4.39 Å². The number of aliphatic hydroxyl groups excluding tert-OH is 1. The van der Waals surface area contributed by atoms with Crippen molar-refractivity contribution in [3.63, 3.8) is 0 Å². The molecule has 2 aromatic rings. The van der Waals surface area contributed by atoms with Crippen LogP contribution in [-0.2, 0) is 4.79 Å². The van der Waals surface area contributed by atoms with E-state index in [1.807, 2.05) is 0 Å². The Hall–Kier alpha value is -2.23. The third kappa shape index (κ3) is 6.66. The zero-order valence-corrected chi connectivity index (χ0v) is 17.1. The smallest absolute Gasteiger partial charge is 0.270 e. The van der Waals surface area contributed by atoms with E-state index < -0.39 is 17.8 Å². The Morgan fingerprint density at radius 1 is 1.38 bits per heavy atom. The van der Waals surface area contributed by atoms with Crippen molar-refractivity contribution in [1.29, 1.82) is 0 Å². The summed E-state index contributed by atoms with van der Waals surface area (Å²) in [5.41, 5.74) is 0.399. The molecule has 1 aromatic carbocycles. The molecule has 0 spiro atoms. The summed E-state index contributed by atoms with van der Waals surface area (Å²) in [4.78, 5) is 28.1. The van der Waals surface area contributed by atoms with Crippen molar-refractivity contribution in [2.75, 3.05) is 19.7 Å². The molecule has 7 nitrogen and oxygen atoms in total. The fourth-order valence-corrected chi connectivity index (χ4v) is 3.54. The first-order valence-electron chi connectivity index (χ1n) is 9.18. The summed E-state index contributed by atoms with van der Waals surface area (Å²) < 4.78 is 18.5. The number of hydrogen-bond donors (Lipinski definition) is 3. The first kappa shape index (κ1) is 21.5. The molecule has 1 aliphatic carbocycles. The second-order valence-corrected chi connectivity index (χ2v) is 8.01. The van der Waals surface area contributed by atoms with Crippen LogP contribution >= 0.6 is 22.9 Å². The summed E-state index contributed by atoms with van der Waals surface area (Å²) in [6.45, 7) is -0.0556. The summed E-state index contributed by atoms with van der Waals surface area (Å²) in [5.74, 6) is -0.679. The normalized spacial score (nSPS) is 14.3. The zero-order chi connectivity index (χ0) is 20.8. The average molecular weight is 442 g/mol. The van der Waals surface area contributed by atoms with Gasteiger partial charge in [0.1, 0.15) is 17.3 Å². The molecule has 156 valence electrons. The van der Waals surface area contributed by atoms with Crippen molar-refractivity contribution in [2.24, 2.45) is 0 Å². The Morgan fingerprint density at radius 3 is 2.90 bits per heavy atom. The summed E-state index contributed by atoms with van der Waals surface area (Å²) in [7, 11) is 0. The van der Waals surface area contributed by atoms with Crippen LogP contribution < -0.4 is 15.4 Å². The number of aliphatic hydroxyl groups is 1. The maximum atomic E-state index is 13.3. The molecule has 1 aliphatic rings. The molecule has 1 saturated carbocycles. The number of halogens is 2. The maximum absolute atomic E-state index is 13.3. The van der Waals surface area contributed by atoms with E-state index in [4.69, 9.17) is 16.3 Å². The van der Waals surface area contributed by atoms with Crippen molar-refractivity contribution < 1.29 is 23.8 Å². The lowest BCUT2D eigenvalue weighted by molar-refractivity contribution is -0.123. The van der Waals surface area contributed by atoms with Crippen LogP contribution in [0.3, 0.4) is 0 Å². The lowest BCUT2D eigenvalue weighted by atomic mass is 10.2. The quantitative estimate of drug-likeness (QED) is 0.526. The highest BCUT2D eigenvalue weighted by Crippen LogP contribution is 2.41. The minimum atomic E-state index is -0.829. The van der Waals surface area contributed by atoms with E-state index >= 15 is 0 Å². The fraction of sp³-hybridized carbons (Fsp3) is 0.421. The van der Waals surface area contributed by atoms with Crippen molar-refractivity contribution >= 4 is 34.8 Å². The van der Waals surface area contributed by atoms with E-state index in [-0.39, 0.29) is 42.8 Å². The second kappa shape index (κ2) is 10.00. The Balaban J connectivity index is 1.29. The van der Waals surface area contributed by atoms with Gasteiger partial charge >= 0.3 is 0 Å². The van der Waals surface area contributed by atoms with Crippen LogP contribution in [0.2, 0.25) is 5.02 Å². The fourth-order valence-electron chi connectivity index (χ4n) is 2.45. The number of rotatable bonds is 10. The van der Waals surface area contributed by atoms with Gasteiger partial charge in [0.25, 0.3) is 11.8 Å². The maximum Gasteiger partial charge on any atom is 0.270 e. The first-order valence-corrected chi connectivity index (χ1v) is 10.4. The number of nitrogens with zero attached hydrogens (tertiary/aromatic N) is 1. The molecular formula is C19H21ClFN3O4S. The van der Waals surface area contributed by atoms with E-state index in [1.165, 1.54) is 23.5 Å². The third-order valence-electron chi connectivity index (χ3n) is 4.24. The number of thiazole rings is 1. The molecule has 0 radical (unpaired) electrons. The summed E-state index contributed by atoms with van der Waals surface area (Å²) in [6.07, 6.45) is 1.71. The molecule has 3 N–H and O–H groups in total. The van der Waals surface area contributed by atoms with Crippen LogP contribution in [0, 0.1) is 5.82 Å². The first-order chi connectivity index (χ1) is 13.9. The topological polar surface area (TPSA) is 101 Å². The van der Waals surface area contributed by atoms with Gasteiger partial charge < -0.3 is 20.5 Å². The van der Waals surface area contributed by atoms with Crippen molar-refractivity contribution in [3.05, 3.63) is 45.1 Å². The van der Waals surface area contributed by atoms with Crippen LogP contribution in [0.5, 0.6) is 5.75 Å². The highest BCUT2D eigenvalue weighted by Gasteiger charge is 2.27. The highest BCUT2D eigenvalue weighted by molar-refractivity contribution is 7.10. The number of aromatic nitrogens is 1. The zero-order valence-electron chi connectivity index (χ0n) is 15.5. The standard InChI is InChI=1S/C19H21ClFN3O4S/c20-14-4-3-13(7-15(14)21)28-9-17(26)23-8-12(25)5-6-22-18(27)16-10-29-19(24-16)11-1-2-11/h3-4,7,10-12,25H,1-2,5-6,8-9H2,(H,22,27)(H,23,26)/t12-/m0/s1. The van der Waals surface area contributed by atoms with E-state index in [2.05, 4.69) is 15.6 Å². The summed E-state index contributed by atoms with van der Waals surface area (Å²) >= 11 is 7.07. The van der Waals surface area contributed by atoms with E-state index in [0.717, 1.165) is 23.9 Å². The van der Waals surface area contributed by atoms with E-state index in [0.29, 0.717) is 11.6 Å². The molecule has 0 bridgehead atoms. The van der Waals surface area contributed by atoms with Crippen LogP contribution in [-0.4, -0.2) is 47.7 Å². The molecule has 10 heteroatoms. The number of nitrogens with one attached hydrogen (secondary N) is 2. The SMILES string of the molecule is O=C(COc1ccc(Cl)c(F)c1)NC[C@@H](O)CCNC(=O)c1csc(C2CC2)n1. The van der Waals surface area contributed by atoms with Gasteiger partial charge in [-0.2, -0.15) is 0 Å². The molecule has 1 aromatic heterocycles. The molecule has 2 amide bonds. The number of amides is 2. The van der Waals surface area contributed by atoms with Gasteiger partial charge in [-0.05, 0) is 31.4 Å². The molecule has 1 heterocycles. The minimum absolute atomic E-state index is 0.00950. The van der Waals surface area contributed by atoms with Crippen molar-refractivity contribution in [3.8, 4) is 5.75 Å². The predicted octanol–water partition coefficient (Wildman–Crippen LogP) is 2.49. The molecule has 1 fully saturated rings. The van der Waals surface area contributed by atoms with Crippen molar-refractivity contribution in [2.45, 2.75) is 31.3 Å². The molecule has 3 rings (SSSR count). The monoisotopic (exact) mass is 441 g/mol. The van der Waals surface area contributed by atoms with Crippen LogP contribution in [0.1, 0.15) is 40.7 Å². The molecule has 29 heavy (non-hydrogen) atoms. The van der Waals surface area contributed by atoms with Gasteiger partial charge in [0.2, 0.25) is 0 Å². The number of carbonyl (C=O) groups is 2. The summed E-state index contributed by atoms with van der Waals surface area (Å²) in [6, 6.07) is 3.87.